The number of carbonyl (C=O) groups excluding carboxylic acids is 1. The van der Waals surface area contributed by atoms with Gasteiger partial charge in [0.1, 0.15) is 0 Å². The van der Waals surface area contributed by atoms with Crippen molar-refractivity contribution in [2.75, 3.05) is 31.9 Å². The average Bonchev–Trinajstić information content (AvgIpc) is 3.00. The van der Waals surface area contributed by atoms with Crippen LogP contribution in [0.15, 0.2) is 67.1 Å². The smallest absolute Gasteiger partial charge is 0.253 e. The minimum Gasteiger partial charge on any atom is -0.397 e. The first-order chi connectivity index (χ1) is 14.2. The summed E-state index contributed by atoms with van der Waals surface area (Å²) in [6, 6.07) is 15.6. The van der Waals surface area contributed by atoms with Gasteiger partial charge >= 0.3 is 0 Å². The van der Waals surface area contributed by atoms with Crippen molar-refractivity contribution in [1.82, 2.24) is 19.8 Å². The van der Waals surface area contributed by atoms with Gasteiger partial charge in [-0.1, -0.05) is 18.2 Å². The van der Waals surface area contributed by atoms with Crippen LogP contribution in [0, 0.1) is 0 Å². The predicted octanol–water partition coefficient (Wildman–Crippen LogP) is 3.07. The number of nitrogens with two attached hydrogens (primary N) is 1. The first-order valence-corrected chi connectivity index (χ1v) is 9.91. The third kappa shape index (κ3) is 4.78. The lowest BCUT2D eigenvalue weighted by atomic mass is 10.0. The summed E-state index contributed by atoms with van der Waals surface area (Å²) < 4.78 is 0. The molecule has 0 saturated carbocycles. The van der Waals surface area contributed by atoms with E-state index in [0.29, 0.717) is 11.3 Å². The molecule has 0 radical (unpaired) electrons. The van der Waals surface area contributed by atoms with Gasteiger partial charge in [-0.2, -0.15) is 0 Å². The lowest BCUT2D eigenvalue weighted by Crippen LogP contribution is -2.35. The number of rotatable bonds is 4. The van der Waals surface area contributed by atoms with Crippen LogP contribution in [0.25, 0.3) is 11.1 Å². The molecule has 1 amide bonds. The zero-order chi connectivity index (χ0) is 20.1. The number of hydrogen-bond acceptors (Lipinski definition) is 5. The monoisotopic (exact) mass is 387 g/mol. The second kappa shape index (κ2) is 8.84. The standard InChI is InChI=1S/C23H25N5O/c24-21-14-20(15-25-16-21)18-5-7-19(8-6-18)23(29)28-11-3-10-27(12-13-28)17-22-4-1-2-9-26-22/h1-2,4-9,14-16H,3,10-13,17,24H2. The van der Waals surface area contributed by atoms with Gasteiger partial charge in [-0.3, -0.25) is 19.7 Å². The Hall–Kier alpha value is -3.25. The van der Waals surface area contributed by atoms with Crippen molar-refractivity contribution in [2.45, 2.75) is 13.0 Å². The zero-order valence-electron chi connectivity index (χ0n) is 16.4. The number of carbonyl (C=O) groups is 1. The number of aromatic nitrogens is 2. The van der Waals surface area contributed by atoms with Gasteiger partial charge in [-0.15, -0.1) is 0 Å². The normalized spacial score (nSPS) is 15.1. The van der Waals surface area contributed by atoms with Crippen LogP contribution in [-0.4, -0.2) is 51.9 Å². The van der Waals surface area contributed by atoms with Crippen LogP contribution in [0.5, 0.6) is 0 Å². The Bertz CT molecular complexity index is 959. The number of hydrogen-bond donors (Lipinski definition) is 1. The van der Waals surface area contributed by atoms with E-state index in [1.165, 1.54) is 0 Å². The van der Waals surface area contributed by atoms with Gasteiger partial charge in [0.05, 0.1) is 11.4 Å². The Labute approximate surface area is 171 Å². The van der Waals surface area contributed by atoms with Gasteiger partial charge in [0.2, 0.25) is 0 Å². The van der Waals surface area contributed by atoms with Crippen molar-refractivity contribution in [1.29, 1.82) is 0 Å². The number of benzene rings is 1. The van der Waals surface area contributed by atoms with Crippen molar-refractivity contribution in [2.24, 2.45) is 0 Å². The summed E-state index contributed by atoms with van der Waals surface area (Å²) in [7, 11) is 0. The number of anilines is 1. The minimum atomic E-state index is 0.0851. The molecule has 2 N–H and O–H groups in total. The van der Waals surface area contributed by atoms with Gasteiger partial charge in [0, 0.05) is 62.4 Å². The highest BCUT2D eigenvalue weighted by molar-refractivity contribution is 5.94. The number of amides is 1. The van der Waals surface area contributed by atoms with Crippen LogP contribution in [-0.2, 0) is 6.54 Å². The van der Waals surface area contributed by atoms with Gasteiger partial charge in [-0.25, -0.2) is 0 Å². The molecule has 0 unspecified atom stereocenters. The molecule has 0 atom stereocenters. The molecule has 6 nitrogen and oxygen atoms in total. The summed E-state index contributed by atoms with van der Waals surface area (Å²) in [5.74, 6) is 0.0851. The summed E-state index contributed by atoms with van der Waals surface area (Å²) in [6.45, 7) is 4.16. The van der Waals surface area contributed by atoms with E-state index in [4.69, 9.17) is 5.73 Å². The molecule has 2 aromatic heterocycles. The van der Waals surface area contributed by atoms with Crippen LogP contribution in [0.4, 0.5) is 5.69 Å². The third-order valence-electron chi connectivity index (χ3n) is 5.21. The molecular formula is C23H25N5O. The number of nitrogen functional groups attached to an aromatic ring is 1. The Morgan fingerprint density at radius 2 is 1.83 bits per heavy atom. The summed E-state index contributed by atoms with van der Waals surface area (Å²) in [4.78, 5) is 25.8. The van der Waals surface area contributed by atoms with Gasteiger partial charge < -0.3 is 10.6 Å². The van der Waals surface area contributed by atoms with E-state index in [1.54, 1.807) is 12.4 Å². The third-order valence-corrected chi connectivity index (χ3v) is 5.21. The van der Waals surface area contributed by atoms with Gasteiger partial charge in [0.15, 0.2) is 0 Å². The van der Waals surface area contributed by atoms with Crippen molar-refractivity contribution in [3.05, 3.63) is 78.4 Å². The van der Waals surface area contributed by atoms with E-state index in [0.717, 1.165) is 56.0 Å². The average molecular weight is 387 g/mol. The molecular weight excluding hydrogens is 362 g/mol. The highest BCUT2D eigenvalue weighted by Gasteiger charge is 2.20. The second-order valence-corrected chi connectivity index (χ2v) is 7.33. The molecule has 0 bridgehead atoms. The second-order valence-electron chi connectivity index (χ2n) is 7.33. The first-order valence-electron chi connectivity index (χ1n) is 9.91. The molecule has 4 rings (SSSR count). The Morgan fingerprint density at radius 1 is 0.966 bits per heavy atom. The Kier molecular flexibility index (Phi) is 5.81. The topological polar surface area (TPSA) is 75.3 Å². The molecule has 1 saturated heterocycles. The van der Waals surface area contributed by atoms with Gasteiger partial charge in [0.25, 0.3) is 5.91 Å². The number of nitrogens with zero attached hydrogens (tertiary/aromatic N) is 4. The summed E-state index contributed by atoms with van der Waals surface area (Å²) in [5.41, 5.74) is 10.2. The van der Waals surface area contributed by atoms with Crippen LogP contribution in [0.3, 0.4) is 0 Å². The molecule has 1 aromatic carbocycles. The minimum absolute atomic E-state index is 0.0851. The molecule has 6 heteroatoms. The fourth-order valence-electron chi connectivity index (χ4n) is 3.66. The predicted molar refractivity (Wildman–Crippen MR) is 114 cm³/mol. The summed E-state index contributed by atoms with van der Waals surface area (Å²) >= 11 is 0. The largest absolute Gasteiger partial charge is 0.397 e. The van der Waals surface area contributed by atoms with Crippen molar-refractivity contribution in [3.63, 3.8) is 0 Å². The van der Waals surface area contributed by atoms with Crippen LogP contribution < -0.4 is 5.73 Å². The van der Waals surface area contributed by atoms with E-state index in [1.807, 2.05) is 59.6 Å². The summed E-state index contributed by atoms with van der Waals surface area (Å²) in [5, 5.41) is 0. The quantitative estimate of drug-likeness (QED) is 0.745. The fourth-order valence-corrected chi connectivity index (χ4v) is 3.66. The van der Waals surface area contributed by atoms with Crippen LogP contribution >= 0.6 is 0 Å². The van der Waals surface area contributed by atoms with Crippen molar-refractivity contribution < 1.29 is 4.79 Å². The maximum atomic E-state index is 13.0. The SMILES string of the molecule is Nc1cncc(-c2ccc(C(=O)N3CCCN(Cc4ccccn4)CC3)cc2)c1. The molecule has 1 aliphatic rings. The molecule has 29 heavy (non-hydrogen) atoms. The maximum absolute atomic E-state index is 13.0. The van der Waals surface area contributed by atoms with Crippen LogP contribution in [0.1, 0.15) is 22.5 Å². The van der Waals surface area contributed by atoms with Crippen LogP contribution in [0.2, 0.25) is 0 Å². The van der Waals surface area contributed by atoms with E-state index in [9.17, 15) is 4.79 Å². The van der Waals surface area contributed by atoms with Crippen molar-refractivity contribution >= 4 is 11.6 Å². The van der Waals surface area contributed by atoms with Gasteiger partial charge in [-0.05, 0) is 42.3 Å². The van der Waals surface area contributed by atoms with E-state index < -0.39 is 0 Å². The molecule has 3 heterocycles. The molecule has 1 fully saturated rings. The first kappa shape index (κ1) is 19.1. The molecule has 1 aliphatic heterocycles. The molecule has 3 aromatic rings. The summed E-state index contributed by atoms with van der Waals surface area (Å²) in [6.07, 6.45) is 6.19. The highest BCUT2D eigenvalue weighted by atomic mass is 16.2. The highest BCUT2D eigenvalue weighted by Crippen LogP contribution is 2.21. The number of pyridine rings is 2. The molecule has 0 aliphatic carbocycles. The Morgan fingerprint density at radius 3 is 2.59 bits per heavy atom. The fraction of sp³-hybridized carbons (Fsp3) is 0.261. The van der Waals surface area contributed by atoms with Crippen molar-refractivity contribution in [3.8, 4) is 11.1 Å². The lowest BCUT2D eigenvalue weighted by molar-refractivity contribution is 0.0761. The maximum Gasteiger partial charge on any atom is 0.253 e. The van der Waals surface area contributed by atoms with E-state index in [2.05, 4.69) is 14.9 Å². The van der Waals surface area contributed by atoms with E-state index >= 15 is 0 Å². The zero-order valence-corrected chi connectivity index (χ0v) is 16.4. The lowest BCUT2D eigenvalue weighted by Gasteiger charge is -2.22. The van der Waals surface area contributed by atoms with E-state index in [-0.39, 0.29) is 5.91 Å². The molecule has 148 valence electrons. The molecule has 0 spiro atoms. The Balaban J connectivity index is 1.39.